The third-order valence-corrected chi connectivity index (χ3v) is 17.8. The maximum absolute atomic E-state index is 3.63. The molecule has 4 heterocycles. The first-order valence-electron chi connectivity index (χ1n) is 31.8. The van der Waals surface area contributed by atoms with Gasteiger partial charge in [-0.3, -0.25) is 0 Å². The molecule has 416 valence electrons. The van der Waals surface area contributed by atoms with Crippen molar-refractivity contribution in [3.8, 4) is 47.4 Å². The van der Waals surface area contributed by atoms with Crippen LogP contribution < -0.4 is 0 Å². The summed E-state index contributed by atoms with van der Waals surface area (Å²) in [7, 11) is 0. The lowest BCUT2D eigenvalue weighted by molar-refractivity contribution is 0.602. The van der Waals surface area contributed by atoms with Crippen LogP contribution in [0.1, 0.15) is 175 Å². The lowest BCUT2D eigenvalue weighted by Crippen LogP contribution is -1.98. The molecule has 8 aromatic carbocycles. The van der Waals surface area contributed by atoms with Gasteiger partial charge in [0.1, 0.15) is 0 Å². The van der Waals surface area contributed by atoms with Gasteiger partial charge in [0.2, 0.25) is 0 Å². The monoisotopic (exact) mass is 1090 g/mol. The van der Waals surface area contributed by atoms with Crippen LogP contribution in [0, 0.1) is 47.4 Å². The molecule has 0 amide bonds. The third kappa shape index (κ3) is 10.9. The van der Waals surface area contributed by atoms with Gasteiger partial charge in [0.05, 0.1) is 0 Å². The highest BCUT2D eigenvalue weighted by molar-refractivity contribution is 6.12. The summed E-state index contributed by atoms with van der Waals surface area (Å²) in [6.07, 6.45) is 19.4. The molecule has 0 N–H and O–H groups in total. The summed E-state index contributed by atoms with van der Waals surface area (Å²) >= 11 is 0. The quantitative estimate of drug-likeness (QED) is 0.0535. The highest BCUT2D eigenvalue weighted by Crippen LogP contribution is 2.36. The summed E-state index contributed by atoms with van der Waals surface area (Å²) < 4.78 is 10.1. The smallest absolute Gasteiger partial charge is 0.0492 e. The summed E-state index contributed by atoms with van der Waals surface area (Å²) in [4.78, 5) is 0. The Bertz CT molecular complexity index is 3890. The minimum Gasteiger partial charge on any atom is -0.340 e. The molecule has 1 aliphatic rings. The summed E-state index contributed by atoms with van der Waals surface area (Å²) in [6.45, 7) is 13.1. The van der Waals surface area contributed by atoms with Gasteiger partial charge in [0.25, 0.3) is 0 Å². The Kier molecular flexibility index (Phi) is 15.9. The molecule has 0 saturated heterocycles. The van der Waals surface area contributed by atoms with E-state index in [2.05, 4.69) is 239 Å². The zero-order valence-corrected chi connectivity index (χ0v) is 49.8. The maximum Gasteiger partial charge on any atom is 0.0492 e. The van der Waals surface area contributed by atoms with E-state index in [4.69, 9.17) is 0 Å². The predicted octanol–water partition coefficient (Wildman–Crippen LogP) is 20.4. The largest absolute Gasteiger partial charge is 0.340 e. The van der Waals surface area contributed by atoms with E-state index in [0.29, 0.717) is 0 Å². The van der Waals surface area contributed by atoms with Gasteiger partial charge in [0, 0.05) is 158 Å². The normalized spacial score (nSPS) is 12.0. The van der Waals surface area contributed by atoms with Crippen molar-refractivity contribution in [3.05, 3.63) is 190 Å². The van der Waals surface area contributed by atoms with Crippen molar-refractivity contribution in [1.82, 2.24) is 18.3 Å². The topological polar surface area (TPSA) is 19.7 Å². The number of aryl methyl sites for hydroxylation is 4. The minimum atomic E-state index is 0.981. The van der Waals surface area contributed by atoms with Crippen LogP contribution in [0.2, 0.25) is 0 Å². The fourth-order valence-corrected chi connectivity index (χ4v) is 13.4. The van der Waals surface area contributed by atoms with Crippen LogP contribution in [0.4, 0.5) is 0 Å². The second-order valence-corrected chi connectivity index (χ2v) is 23.7. The highest BCUT2D eigenvalue weighted by atomic mass is 15.0. The van der Waals surface area contributed by atoms with Gasteiger partial charge in [-0.2, -0.15) is 0 Å². The van der Waals surface area contributed by atoms with E-state index >= 15 is 0 Å². The molecule has 4 aromatic heterocycles. The molecule has 13 rings (SSSR count). The van der Waals surface area contributed by atoms with Crippen LogP contribution >= 0.6 is 0 Å². The molecule has 0 aliphatic heterocycles. The SMILES string of the molecule is CCCCCCn1c2ccc3cc2c2cc(ccc21)C#Cc1ccc2c(c1)c1cc(ccc1n2CCCCCC)C#Cc1ccc2c(c1)c1cc(ccc1n2CCCCCC)C#Cc1ccc2c(c1)c1cc(ccc1n2CCCCCC)C#C3. The molecule has 16 bridgehead atoms. The van der Waals surface area contributed by atoms with Gasteiger partial charge in [-0.1, -0.05) is 152 Å². The molecule has 4 nitrogen and oxygen atoms in total. The average molecular weight is 1090 g/mol. The van der Waals surface area contributed by atoms with E-state index in [1.54, 1.807) is 0 Å². The van der Waals surface area contributed by atoms with Crippen LogP contribution in [0.3, 0.4) is 0 Å². The van der Waals surface area contributed by atoms with E-state index in [-0.39, 0.29) is 0 Å². The Labute approximate surface area is 496 Å². The fraction of sp³-hybridized carbons (Fsp3) is 0.300. The van der Waals surface area contributed by atoms with Crippen molar-refractivity contribution in [2.24, 2.45) is 0 Å². The first-order valence-corrected chi connectivity index (χ1v) is 31.8. The Morgan fingerprint density at radius 2 is 0.357 bits per heavy atom. The number of benzene rings is 8. The molecule has 1 aliphatic carbocycles. The molecular formula is C80H76N4. The van der Waals surface area contributed by atoms with Crippen LogP contribution in [-0.2, 0) is 26.2 Å². The molecule has 84 heavy (non-hydrogen) atoms. The van der Waals surface area contributed by atoms with Crippen molar-refractivity contribution in [1.29, 1.82) is 0 Å². The lowest BCUT2D eigenvalue weighted by Gasteiger charge is -2.07. The Morgan fingerprint density at radius 1 is 0.202 bits per heavy atom. The first-order chi connectivity index (χ1) is 41.5. The second-order valence-electron chi connectivity index (χ2n) is 23.7. The molecule has 0 saturated carbocycles. The van der Waals surface area contributed by atoms with Crippen molar-refractivity contribution >= 4 is 87.2 Å². The van der Waals surface area contributed by atoms with Gasteiger partial charge in [-0.15, -0.1) is 0 Å². The van der Waals surface area contributed by atoms with Crippen molar-refractivity contribution < 1.29 is 0 Å². The third-order valence-electron chi connectivity index (χ3n) is 17.8. The Morgan fingerprint density at radius 3 is 0.500 bits per heavy atom. The van der Waals surface area contributed by atoms with Gasteiger partial charge < -0.3 is 18.3 Å². The predicted molar refractivity (Wildman–Crippen MR) is 358 cm³/mol. The molecule has 12 aromatic rings. The van der Waals surface area contributed by atoms with E-state index in [0.717, 1.165) is 96.4 Å². The second kappa shape index (κ2) is 24.6. The van der Waals surface area contributed by atoms with Crippen molar-refractivity contribution in [2.45, 2.75) is 157 Å². The number of hydrogen-bond donors (Lipinski definition) is 0. The number of nitrogens with zero attached hydrogens (tertiary/aromatic N) is 4. The maximum atomic E-state index is 3.63. The summed E-state index contributed by atoms with van der Waals surface area (Å²) in [6, 6.07) is 54.5. The molecular weight excluding hydrogens is 1020 g/mol. The lowest BCUT2D eigenvalue weighted by atomic mass is 10.0. The number of fused-ring (bicyclic) bond motifs is 8. The number of rotatable bonds is 20. The van der Waals surface area contributed by atoms with Crippen molar-refractivity contribution in [2.75, 3.05) is 0 Å². The Balaban J connectivity index is 0.982. The molecule has 4 heteroatoms. The summed E-state index contributed by atoms with van der Waals surface area (Å²) in [5.41, 5.74) is 18.1. The molecule has 0 radical (unpaired) electrons. The molecule has 0 spiro atoms. The molecule has 0 atom stereocenters. The number of aromatic nitrogens is 4. The van der Waals surface area contributed by atoms with Crippen LogP contribution in [0.25, 0.3) is 87.2 Å². The first kappa shape index (κ1) is 54.4. The molecule has 0 unspecified atom stereocenters. The van der Waals surface area contributed by atoms with Crippen LogP contribution in [0.5, 0.6) is 0 Å². The molecule has 0 fully saturated rings. The number of hydrogen-bond acceptors (Lipinski definition) is 0. The standard InChI is InChI=1S/C80H76N4/c1-5-9-13-17-45-81-73-37-29-57-21-23-59-31-39-75-67(51-59)69-53-61(33-41-77(69)82(75)46-18-14-10-6-2)25-27-63-35-43-79-71(55-63)72-56-64(36-44-80(72)84(79)48-20-16-12-8-4)28-26-62-34-42-78-70(54-62)68-52-60(32-40-76(68)83(78)47-19-15-11-7-3)24-22-58-30-38-74(81)66(50-58)65(73)49-57/h29-44,49-56H,5-20,45-48H2,1-4H3. The van der Waals surface area contributed by atoms with Gasteiger partial charge >= 0.3 is 0 Å². The van der Waals surface area contributed by atoms with Gasteiger partial charge in [-0.05, 0) is 171 Å². The van der Waals surface area contributed by atoms with Gasteiger partial charge in [-0.25, -0.2) is 0 Å². The van der Waals surface area contributed by atoms with Crippen LogP contribution in [0.15, 0.2) is 146 Å². The van der Waals surface area contributed by atoms with E-state index in [1.165, 1.54) is 164 Å². The zero-order valence-electron chi connectivity index (χ0n) is 49.8. The average Bonchev–Trinajstić information content (AvgIpc) is 4.23. The van der Waals surface area contributed by atoms with Crippen LogP contribution in [-0.4, -0.2) is 18.3 Å². The zero-order chi connectivity index (χ0) is 56.9. The summed E-state index contributed by atoms with van der Waals surface area (Å²) in [5, 5.41) is 9.79. The Hall–Kier alpha value is -8.80. The van der Waals surface area contributed by atoms with Gasteiger partial charge in [0.15, 0.2) is 0 Å². The van der Waals surface area contributed by atoms with E-state index in [9.17, 15) is 0 Å². The fourth-order valence-electron chi connectivity index (χ4n) is 13.4. The minimum absolute atomic E-state index is 0.981. The highest BCUT2D eigenvalue weighted by Gasteiger charge is 2.17. The number of unbranched alkanes of at least 4 members (excludes halogenated alkanes) is 12. The van der Waals surface area contributed by atoms with E-state index < -0.39 is 0 Å². The van der Waals surface area contributed by atoms with Crippen molar-refractivity contribution in [3.63, 3.8) is 0 Å². The summed E-state index contributed by atoms with van der Waals surface area (Å²) in [5.74, 6) is 29.1. The van der Waals surface area contributed by atoms with E-state index in [1.807, 2.05) is 0 Å².